The molecule has 1 aromatic rings. The Bertz CT molecular complexity index is 497. The molecule has 0 bridgehead atoms. The maximum absolute atomic E-state index is 12.2. The van der Waals surface area contributed by atoms with Crippen LogP contribution in [-0.4, -0.2) is 19.2 Å². The molecule has 0 spiro atoms. The number of hydrogen-bond donors (Lipinski definition) is 0. The summed E-state index contributed by atoms with van der Waals surface area (Å²) in [6.45, 7) is 0. The molecule has 0 heterocycles. The third-order valence-electron chi connectivity index (χ3n) is 2.94. The summed E-state index contributed by atoms with van der Waals surface area (Å²) in [5.41, 5.74) is 1.53. The number of rotatable bonds is 3. The minimum Gasteiger partial charge on any atom is -0.495 e. The standard InChI is InChI=1S/C12H10Br2O3/c1-17-12-9(14)5-8(13)7-4-6(2-3-15)11(16)10(7)12/h3,5-6H,2,4H2,1H3/t6-/m0/s1. The van der Waals surface area contributed by atoms with Gasteiger partial charge in [0.25, 0.3) is 0 Å². The van der Waals surface area contributed by atoms with Gasteiger partial charge in [-0.1, -0.05) is 15.9 Å². The van der Waals surface area contributed by atoms with Crippen LogP contribution in [0.1, 0.15) is 22.3 Å². The van der Waals surface area contributed by atoms with Gasteiger partial charge in [0.2, 0.25) is 0 Å². The lowest BCUT2D eigenvalue weighted by Gasteiger charge is -2.10. The van der Waals surface area contributed by atoms with E-state index in [1.54, 1.807) is 0 Å². The second-order valence-electron chi connectivity index (χ2n) is 3.89. The Morgan fingerprint density at radius 2 is 2.18 bits per heavy atom. The number of fused-ring (bicyclic) bond motifs is 1. The molecule has 0 radical (unpaired) electrons. The lowest BCUT2D eigenvalue weighted by Crippen LogP contribution is -2.10. The molecule has 0 aliphatic heterocycles. The number of carbonyl (C=O) groups excluding carboxylic acids is 2. The van der Waals surface area contributed by atoms with Crippen molar-refractivity contribution in [2.24, 2.45) is 5.92 Å². The van der Waals surface area contributed by atoms with Gasteiger partial charge in [-0.25, -0.2) is 0 Å². The van der Waals surface area contributed by atoms with E-state index in [9.17, 15) is 9.59 Å². The molecule has 0 aromatic heterocycles. The first-order valence-corrected chi connectivity index (χ1v) is 6.71. The summed E-state index contributed by atoms with van der Waals surface area (Å²) < 4.78 is 6.88. The second kappa shape index (κ2) is 4.90. The third kappa shape index (κ3) is 2.06. The molecule has 1 aromatic carbocycles. The highest BCUT2D eigenvalue weighted by molar-refractivity contribution is 9.11. The smallest absolute Gasteiger partial charge is 0.170 e. The van der Waals surface area contributed by atoms with Gasteiger partial charge < -0.3 is 9.53 Å². The molecule has 0 unspecified atom stereocenters. The number of aldehydes is 1. The highest BCUT2D eigenvalue weighted by Gasteiger charge is 2.35. The fraction of sp³-hybridized carbons (Fsp3) is 0.333. The molecule has 90 valence electrons. The highest BCUT2D eigenvalue weighted by Crippen LogP contribution is 2.43. The lowest BCUT2D eigenvalue weighted by molar-refractivity contribution is -0.108. The third-order valence-corrected chi connectivity index (χ3v) is 4.24. The number of Topliss-reactive ketones (excluding diaryl/α,β-unsaturated/α-hetero) is 1. The van der Waals surface area contributed by atoms with Crippen LogP contribution >= 0.6 is 31.9 Å². The van der Waals surface area contributed by atoms with E-state index < -0.39 is 0 Å². The van der Waals surface area contributed by atoms with Crippen LogP contribution in [0, 0.1) is 5.92 Å². The first-order chi connectivity index (χ1) is 8.10. The molecule has 1 aliphatic rings. The summed E-state index contributed by atoms with van der Waals surface area (Å²) in [6, 6.07) is 1.87. The molecule has 0 saturated heterocycles. The van der Waals surface area contributed by atoms with Gasteiger partial charge in [0.05, 0.1) is 17.1 Å². The van der Waals surface area contributed by atoms with Gasteiger partial charge in [-0.2, -0.15) is 0 Å². The van der Waals surface area contributed by atoms with E-state index in [0.717, 1.165) is 20.8 Å². The van der Waals surface area contributed by atoms with E-state index in [1.165, 1.54) is 7.11 Å². The quantitative estimate of drug-likeness (QED) is 0.776. The van der Waals surface area contributed by atoms with Gasteiger partial charge in [-0.05, 0) is 34.0 Å². The molecule has 0 amide bonds. The summed E-state index contributed by atoms with van der Waals surface area (Å²) in [5.74, 6) is 0.301. The van der Waals surface area contributed by atoms with E-state index in [1.807, 2.05) is 6.07 Å². The maximum atomic E-state index is 12.2. The molecule has 1 atom stereocenters. The average Bonchev–Trinajstić information content (AvgIpc) is 2.59. The Kier molecular flexibility index (Phi) is 3.68. The van der Waals surface area contributed by atoms with Crippen molar-refractivity contribution in [3.63, 3.8) is 0 Å². The normalized spacial score (nSPS) is 18.1. The summed E-state index contributed by atoms with van der Waals surface area (Å²) in [4.78, 5) is 22.7. The topological polar surface area (TPSA) is 43.4 Å². The van der Waals surface area contributed by atoms with Crippen molar-refractivity contribution < 1.29 is 14.3 Å². The zero-order valence-corrected chi connectivity index (χ0v) is 12.3. The zero-order chi connectivity index (χ0) is 12.6. The van der Waals surface area contributed by atoms with Crippen LogP contribution in [0.2, 0.25) is 0 Å². The summed E-state index contributed by atoms with van der Waals surface area (Å²) in [6.07, 6.45) is 1.65. The van der Waals surface area contributed by atoms with Crippen LogP contribution in [0.3, 0.4) is 0 Å². The van der Waals surface area contributed by atoms with Crippen molar-refractivity contribution >= 4 is 43.9 Å². The Hall–Kier alpha value is -0.680. The zero-order valence-electron chi connectivity index (χ0n) is 9.13. The molecule has 2 rings (SSSR count). The summed E-state index contributed by atoms with van der Waals surface area (Å²) in [5, 5.41) is 0. The van der Waals surface area contributed by atoms with Gasteiger partial charge in [-0.15, -0.1) is 0 Å². The Morgan fingerprint density at radius 1 is 1.47 bits per heavy atom. The van der Waals surface area contributed by atoms with Gasteiger partial charge >= 0.3 is 0 Å². The van der Waals surface area contributed by atoms with E-state index in [4.69, 9.17) is 4.74 Å². The van der Waals surface area contributed by atoms with Crippen LogP contribution in [0.5, 0.6) is 5.75 Å². The number of ether oxygens (including phenoxy) is 1. The largest absolute Gasteiger partial charge is 0.495 e. The maximum Gasteiger partial charge on any atom is 0.170 e. The SMILES string of the molecule is COc1c(Br)cc(Br)c2c1C(=O)[C@@H](CC=O)C2. The molecule has 17 heavy (non-hydrogen) atoms. The number of carbonyl (C=O) groups is 2. The number of halogens is 2. The second-order valence-corrected chi connectivity index (χ2v) is 5.60. The van der Waals surface area contributed by atoms with Crippen LogP contribution in [-0.2, 0) is 11.2 Å². The number of ketones is 1. The Labute approximate surface area is 116 Å². The van der Waals surface area contributed by atoms with Crippen molar-refractivity contribution in [2.75, 3.05) is 7.11 Å². The lowest BCUT2D eigenvalue weighted by atomic mass is 10.0. The van der Waals surface area contributed by atoms with Crippen LogP contribution in [0.15, 0.2) is 15.0 Å². The summed E-state index contributed by atoms with van der Waals surface area (Å²) in [7, 11) is 1.54. The Balaban J connectivity index is 2.57. The molecular weight excluding hydrogens is 352 g/mol. The molecule has 0 N–H and O–H groups in total. The minimum atomic E-state index is -0.248. The predicted octanol–water partition coefficient (Wildman–Crippen LogP) is 3.16. The summed E-state index contributed by atoms with van der Waals surface area (Å²) >= 11 is 6.81. The van der Waals surface area contributed by atoms with Gasteiger partial charge in [0.1, 0.15) is 12.0 Å². The Morgan fingerprint density at radius 3 is 2.76 bits per heavy atom. The number of hydrogen-bond acceptors (Lipinski definition) is 3. The van der Waals surface area contributed by atoms with Gasteiger partial charge in [0, 0.05) is 16.8 Å². The fourth-order valence-electron chi connectivity index (χ4n) is 2.15. The first kappa shape index (κ1) is 12.8. The highest BCUT2D eigenvalue weighted by atomic mass is 79.9. The van der Waals surface area contributed by atoms with E-state index >= 15 is 0 Å². The predicted molar refractivity (Wildman–Crippen MR) is 70.6 cm³/mol. The first-order valence-electron chi connectivity index (χ1n) is 5.12. The molecule has 5 heteroatoms. The van der Waals surface area contributed by atoms with Crippen molar-refractivity contribution in [3.05, 3.63) is 26.1 Å². The molecule has 0 saturated carbocycles. The van der Waals surface area contributed by atoms with Gasteiger partial charge in [0.15, 0.2) is 5.78 Å². The molecule has 0 fully saturated rings. The van der Waals surface area contributed by atoms with Crippen molar-refractivity contribution in [1.29, 1.82) is 0 Å². The van der Waals surface area contributed by atoms with E-state index in [-0.39, 0.29) is 18.1 Å². The molecular formula is C12H10Br2O3. The molecule has 1 aliphatic carbocycles. The van der Waals surface area contributed by atoms with Crippen molar-refractivity contribution in [3.8, 4) is 5.75 Å². The monoisotopic (exact) mass is 360 g/mol. The van der Waals surface area contributed by atoms with Crippen molar-refractivity contribution in [2.45, 2.75) is 12.8 Å². The van der Waals surface area contributed by atoms with Crippen molar-refractivity contribution in [1.82, 2.24) is 0 Å². The number of methoxy groups -OCH3 is 1. The van der Waals surface area contributed by atoms with Crippen LogP contribution in [0.4, 0.5) is 0 Å². The average molecular weight is 362 g/mol. The van der Waals surface area contributed by atoms with E-state index in [2.05, 4.69) is 31.9 Å². The van der Waals surface area contributed by atoms with E-state index in [0.29, 0.717) is 17.7 Å². The van der Waals surface area contributed by atoms with Crippen LogP contribution in [0.25, 0.3) is 0 Å². The van der Waals surface area contributed by atoms with Gasteiger partial charge in [-0.3, -0.25) is 4.79 Å². The minimum absolute atomic E-state index is 0.00838. The number of benzene rings is 1. The fourth-order valence-corrected chi connectivity index (χ4v) is 3.63. The van der Waals surface area contributed by atoms with Crippen LogP contribution < -0.4 is 4.74 Å². The molecule has 3 nitrogen and oxygen atoms in total.